The average molecular weight is 263 g/mol. The minimum Gasteiger partial charge on any atom is -0.383 e. The van der Waals surface area contributed by atoms with Gasteiger partial charge in [0.05, 0.1) is 12.6 Å². The number of rotatable bonds is 4. The second-order valence-electron chi connectivity index (χ2n) is 6.79. The van der Waals surface area contributed by atoms with Gasteiger partial charge in [0.2, 0.25) is 0 Å². The van der Waals surface area contributed by atoms with Crippen molar-refractivity contribution >= 4 is 5.78 Å². The number of fused-ring (bicyclic) bond motifs is 1. The highest BCUT2D eigenvalue weighted by Crippen LogP contribution is 2.37. The van der Waals surface area contributed by atoms with E-state index in [1.807, 2.05) is 6.07 Å². The number of carbonyl (C=O) groups is 1. The van der Waals surface area contributed by atoms with Gasteiger partial charge in [0.15, 0.2) is 5.78 Å². The van der Waals surface area contributed by atoms with Crippen molar-refractivity contribution in [2.75, 3.05) is 13.7 Å². The van der Waals surface area contributed by atoms with Crippen LogP contribution in [0.25, 0.3) is 0 Å². The summed E-state index contributed by atoms with van der Waals surface area (Å²) in [5, 5.41) is 0. The Balaban J connectivity index is 2.42. The summed E-state index contributed by atoms with van der Waals surface area (Å²) in [5.41, 5.74) is 2.17. The summed E-state index contributed by atoms with van der Waals surface area (Å²) in [6, 6.07) is 2.29. The van der Waals surface area contributed by atoms with Crippen LogP contribution in [0.2, 0.25) is 0 Å². The maximum atomic E-state index is 12.2. The molecule has 0 saturated carbocycles. The Morgan fingerprint density at radius 1 is 1.37 bits per heavy atom. The zero-order valence-corrected chi connectivity index (χ0v) is 12.7. The van der Waals surface area contributed by atoms with Crippen LogP contribution < -0.4 is 0 Å². The molecule has 0 aromatic carbocycles. The highest BCUT2D eigenvalue weighted by molar-refractivity contribution is 5.98. The van der Waals surface area contributed by atoms with Crippen LogP contribution in [0.4, 0.5) is 0 Å². The Labute approximate surface area is 115 Å². The Morgan fingerprint density at radius 2 is 2.05 bits per heavy atom. The third-order valence-corrected chi connectivity index (χ3v) is 4.07. The lowest BCUT2D eigenvalue weighted by Gasteiger charge is -2.32. The number of ether oxygens (including phenoxy) is 1. The number of ketones is 1. The molecule has 0 amide bonds. The zero-order chi connectivity index (χ0) is 14.2. The molecule has 2 rings (SSSR count). The fourth-order valence-electron chi connectivity index (χ4n) is 3.04. The zero-order valence-electron chi connectivity index (χ0n) is 12.7. The SMILES string of the molecule is COCC(C(C)C)n1ccc2c1CC(C)(C)CC2=O. The first-order valence-electron chi connectivity index (χ1n) is 7.07. The largest absolute Gasteiger partial charge is 0.383 e. The van der Waals surface area contributed by atoms with Crippen LogP contribution in [-0.2, 0) is 11.2 Å². The third kappa shape index (κ3) is 2.76. The summed E-state index contributed by atoms with van der Waals surface area (Å²) >= 11 is 0. The highest BCUT2D eigenvalue weighted by Gasteiger charge is 2.34. The van der Waals surface area contributed by atoms with Gasteiger partial charge in [0.25, 0.3) is 0 Å². The number of methoxy groups -OCH3 is 1. The first kappa shape index (κ1) is 14.3. The molecule has 0 bridgehead atoms. The smallest absolute Gasteiger partial charge is 0.165 e. The van der Waals surface area contributed by atoms with Gasteiger partial charge in [-0.25, -0.2) is 0 Å². The monoisotopic (exact) mass is 263 g/mol. The molecule has 0 fully saturated rings. The molecular formula is C16H25NO2. The third-order valence-electron chi connectivity index (χ3n) is 4.07. The van der Waals surface area contributed by atoms with Gasteiger partial charge in [0.1, 0.15) is 0 Å². The number of hydrogen-bond donors (Lipinski definition) is 0. The van der Waals surface area contributed by atoms with Crippen molar-refractivity contribution in [1.82, 2.24) is 4.57 Å². The molecule has 1 aliphatic rings. The number of hydrogen-bond acceptors (Lipinski definition) is 2. The van der Waals surface area contributed by atoms with Crippen molar-refractivity contribution in [3.8, 4) is 0 Å². The standard InChI is InChI=1S/C16H25NO2/c1-11(2)14(10-19-5)17-7-6-12-13(17)8-16(3,4)9-15(12)18/h6-7,11,14H,8-10H2,1-5H3. The number of carbonyl (C=O) groups excluding carboxylic acids is 1. The van der Waals surface area contributed by atoms with Gasteiger partial charge in [0, 0.05) is 31.0 Å². The number of nitrogens with zero attached hydrogens (tertiary/aromatic N) is 1. The van der Waals surface area contributed by atoms with E-state index < -0.39 is 0 Å². The molecule has 19 heavy (non-hydrogen) atoms. The van der Waals surface area contributed by atoms with Crippen molar-refractivity contribution in [3.63, 3.8) is 0 Å². The summed E-state index contributed by atoms with van der Waals surface area (Å²) in [5.74, 6) is 0.765. The topological polar surface area (TPSA) is 31.2 Å². The average Bonchev–Trinajstić information content (AvgIpc) is 2.67. The summed E-state index contributed by atoms with van der Waals surface area (Å²) in [6.45, 7) is 9.43. The lowest BCUT2D eigenvalue weighted by Crippen LogP contribution is -2.30. The van der Waals surface area contributed by atoms with E-state index >= 15 is 0 Å². The molecule has 1 atom stereocenters. The second kappa shape index (κ2) is 5.12. The van der Waals surface area contributed by atoms with Gasteiger partial charge in [-0.2, -0.15) is 0 Å². The Hall–Kier alpha value is -1.09. The van der Waals surface area contributed by atoms with E-state index in [0.29, 0.717) is 25.0 Å². The van der Waals surface area contributed by atoms with Gasteiger partial charge in [-0.3, -0.25) is 4.79 Å². The second-order valence-corrected chi connectivity index (χ2v) is 6.79. The van der Waals surface area contributed by atoms with Crippen LogP contribution in [0.5, 0.6) is 0 Å². The molecule has 0 saturated heterocycles. The molecule has 1 heterocycles. The molecule has 1 aromatic heterocycles. The molecular weight excluding hydrogens is 238 g/mol. The fraction of sp³-hybridized carbons (Fsp3) is 0.688. The first-order valence-corrected chi connectivity index (χ1v) is 7.07. The molecule has 0 spiro atoms. The van der Waals surface area contributed by atoms with Crippen molar-refractivity contribution in [2.45, 2.75) is 46.6 Å². The van der Waals surface area contributed by atoms with Crippen LogP contribution in [0.1, 0.15) is 56.2 Å². The van der Waals surface area contributed by atoms with Gasteiger partial charge in [-0.15, -0.1) is 0 Å². The van der Waals surface area contributed by atoms with E-state index in [4.69, 9.17) is 4.74 Å². The van der Waals surface area contributed by atoms with Crippen molar-refractivity contribution in [1.29, 1.82) is 0 Å². The summed E-state index contributed by atoms with van der Waals surface area (Å²) < 4.78 is 7.62. The van der Waals surface area contributed by atoms with Crippen LogP contribution in [0, 0.1) is 11.3 Å². The molecule has 0 radical (unpaired) electrons. The van der Waals surface area contributed by atoms with Crippen molar-refractivity contribution in [3.05, 3.63) is 23.5 Å². The fourth-order valence-corrected chi connectivity index (χ4v) is 3.04. The predicted molar refractivity (Wildman–Crippen MR) is 76.6 cm³/mol. The first-order chi connectivity index (χ1) is 8.85. The summed E-state index contributed by atoms with van der Waals surface area (Å²) in [6.07, 6.45) is 3.68. The van der Waals surface area contributed by atoms with Gasteiger partial charge in [-0.05, 0) is 23.8 Å². The van der Waals surface area contributed by atoms with Crippen molar-refractivity contribution in [2.24, 2.45) is 11.3 Å². The lowest BCUT2D eigenvalue weighted by molar-refractivity contribution is 0.0902. The van der Waals surface area contributed by atoms with Gasteiger partial charge < -0.3 is 9.30 Å². The molecule has 3 heteroatoms. The molecule has 3 nitrogen and oxygen atoms in total. The van der Waals surface area contributed by atoms with Gasteiger partial charge >= 0.3 is 0 Å². The van der Waals surface area contributed by atoms with Crippen LogP contribution in [-0.4, -0.2) is 24.1 Å². The quantitative estimate of drug-likeness (QED) is 0.832. The molecule has 1 unspecified atom stereocenters. The number of Topliss-reactive ketones (excluding diaryl/α,β-unsaturated/α-hetero) is 1. The molecule has 106 valence electrons. The summed E-state index contributed by atoms with van der Waals surface area (Å²) in [4.78, 5) is 12.2. The van der Waals surface area contributed by atoms with Crippen LogP contribution >= 0.6 is 0 Å². The minimum absolute atomic E-state index is 0.0643. The normalized spacial score (nSPS) is 19.6. The molecule has 0 aliphatic heterocycles. The maximum Gasteiger partial charge on any atom is 0.165 e. The van der Waals surface area contributed by atoms with Crippen molar-refractivity contribution < 1.29 is 9.53 Å². The number of aromatic nitrogens is 1. The van der Waals surface area contributed by atoms with E-state index in [-0.39, 0.29) is 11.2 Å². The van der Waals surface area contributed by atoms with Crippen LogP contribution in [0.3, 0.4) is 0 Å². The predicted octanol–water partition coefficient (Wildman–Crippen LogP) is 3.49. The van der Waals surface area contributed by atoms with E-state index in [1.54, 1.807) is 7.11 Å². The van der Waals surface area contributed by atoms with Gasteiger partial charge in [-0.1, -0.05) is 27.7 Å². The van der Waals surface area contributed by atoms with E-state index in [1.165, 1.54) is 5.69 Å². The van der Waals surface area contributed by atoms with E-state index in [9.17, 15) is 4.79 Å². The minimum atomic E-state index is 0.0643. The lowest BCUT2D eigenvalue weighted by atomic mass is 9.76. The summed E-state index contributed by atoms with van der Waals surface area (Å²) in [7, 11) is 1.74. The van der Waals surface area contributed by atoms with Crippen LogP contribution in [0.15, 0.2) is 12.3 Å². The highest BCUT2D eigenvalue weighted by atomic mass is 16.5. The Morgan fingerprint density at radius 3 is 2.63 bits per heavy atom. The van der Waals surface area contributed by atoms with E-state index in [2.05, 4.69) is 38.5 Å². The Bertz CT molecular complexity index is 471. The maximum absolute atomic E-state index is 12.2. The van der Waals surface area contributed by atoms with E-state index in [0.717, 1.165) is 12.0 Å². The molecule has 1 aromatic rings. The Kier molecular flexibility index (Phi) is 3.86. The molecule has 1 aliphatic carbocycles. The molecule has 0 N–H and O–H groups in total.